The van der Waals surface area contributed by atoms with Crippen LogP contribution in [0.4, 0.5) is 0 Å². The standard InChI is InChI=1S/C22H26N2O3S/c1-16-14-20(15-21(17(16)2)28(26,27)23(3)4)22(25)24-12-10-19(11-13-24)18-8-6-5-7-9-18/h5-10,14-15H,11-13H2,1-4H3. The first-order chi connectivity index (χ1) is 13.2. The van der Waals surface area contributed by atoms with Crippen LogP contribution in [0.1, 0.15) is 33.5 Å². The largest absolute Gasteiger partial charge is 0.335 e. The van der Waals surface area contributed by atoms with E-state index in [0.29, 0.717) is 24.2 Å². The summed E-state index contributed by atoms with van der Waals surface area (Å²) in [5.41, 5.74) is 4.31. The Morgan fingerprint density at radius 1 is 1.07 bits per heavy atom. The third-order valence-electron chi connectivity index (χ3n) is 5.27. The topological polar surface area (TPSA) is 57.7 Å². The first-order valence-corrected chi connectivity index (χ1v) is 10.7. The van der Waals surface area contributed by atoms with Crippen molar-refractivity contribution in [1.29, 1.82) is 0 Å². The molecule has 0 saturated heterocycles. The maximum atomic E-state index is 13.0. The molecule has 6 heteroatoms. The number of sulfonamides is 1. The fourth-order valence-corrected chi connectivity index (χ4v) is 4.58. The van der Waals surface area contributed by atoms with Crippen LogP contribution in [0.3, 0.4) is 0 Å². The van der Waals surface area contributed by atoms with Gasteiger partial charge < -0.3 is 4.90 Å². The van der Waals surface area contributed by atoms with Crippen LogP contribution in [0.5, 0.6) is 0 Å². The number of carbonyl (C=O) groups is 1. The van der Waals surface area contributed by atoms with Crippen molar-refractivity contribution < 1.29 is 13.2 Å². The Balaban J connectivity index is 1.88. The molecule has 1 heterocycles. The first-order valence-electron chi connectivity index (χ1n) is 9.29. The summed E-state index contributed by atoms with van der Waals surface area (Å²) in [6.45, 7) is 4.74. The van der Waals surface area contributed by atoms with E-state index < -0.39 is 10.0 Å². The van der Waals surface area contributed by atoms with Crippen LogP contribution in [0, 0.1) is 13.8 Å². The monoisotopic (exact) mass is 398 g/mol. The summed E-state index contributed by atoms with van der Waals surface area (Å²) in [4.78, 5) is 15.0. The van der Waals surface area contributed by atoms with E-state index >= 15 is 0 Å². The molecule has 5 nitrogen and oxygen atoms in total. The van der Waals surface area contributed by atoms with Gasteiger partial charge in [-0.1, -0.05) is 36.4 Å². The molecular formula is C22H26N2O3S. The lowest BCUT2D eigenvalue weighted by Crippen LogP contribution is -2.35. The fourth-order valence-electron chi connectivity index (χ4n) is 3.37. The lowest BCUT2D eigenvalue weighted by atomic mass is 9.99. The van der Waals surface area contributed by atoms with Crippen LogP contribution in [0.2, 0.25) is 0 Å². The number of rotatable bonds is 4. The third-order valence-corrected chi connectivity index (χ3v) is 7.21. The van der Waals surface area contributed by atoms with Crippen molar-refractivity contribution in [3.8, 4) is 0 Å². The second-order valence-electron chi connectivity index (χ2n) is 7.30. The minimum Gasteiger partial charge on any atom is -0.335 e. The van der Waals surface area contributed by atoms with Crippen molar-refractivity contribution >= 4 is 21.5 Å². The van der Waals surface area contributed by atoms with Crippen LogP contribution in [0.25, 0.3) is 5.57 Å². The van der Waals surface area contributed by atoms with Gasteiger partial charge in [0.2, 0.25) is 10.0 Å². The van der Waals surface area contributed by atoms with E-state index in [1.54, 1.807) is 17.9 Å². The van der Waals surface area contributed by atoms with E-state index in [-0.39, 0.29) is 10.8 Å². The predicted octanol–water partition coefficient (Wildman–Crippen LogP) is 3.48. The molecule has 2 aromatic carbocycles. The number of amides is 1. The molecule has 0 aromatic heterocycles. The Hall–Kier alpha value is -2.44. The van der Waals surface area contributed by atoms with Crippen LogP contribution < -0.4 is 0 Å². The van der Waals surface area contributed by atoms with Crippen molar-refractivity contribution in [2.45, 2.75) is 25.2 Å². The number of hydrogen-bond acceptors (Lipinski definition) is 3. The smallest absolute Gasteiger partial charge is 0.254 e. The summed E-state index contributed by atoms with van der Waals surface area (Å²) in [5.74, 6) is -0.137. The van der Waals surface area contributed by atoms with E-state index in [4.69, 9.17) is 0 Å². The van der Waals surface area contributed by atoms with E-state index in [1.165, 1.54) is 35.6 Å². The van der Waals surface area contributed by atoms with Gasteiger partial charge in [-0.25, -0.2) is 12.7 Å². The number of benzene rings is 2. The minimum atomic E-state index is -3.61. The van der Waals surface area contributed by atoms with Crippen molar-refractivity contribution in [2.24, 2.45) is 0 Å². The zero-order valence-corrected chi connectivity index (χ0v) is 17.6. The molecule has 0 spiro atoms. The summed E-state index contributed by atoms with van der Waals surface area (Å²) in [6.07, 6.45) is 2.86. The Labute approximate surface area is 167 Å². The van der Waals surface area contributed by atoms with Gasteiger partial charge in [0.25, 0.3) is 5.91 Å². The third kappa shape index (κ3) is 3.88. The average Bonchev–Trinajstić information content (AvgIpc) is 2.70. The summed E-state index contributed by atoms with van der Waals surface area (Å²) in [7, 11) is -0.613. The van der Waals surface area contributed by atoms with Gasteiger partial charge in [0.05, 0.1) is 4.90 Å². The molecule has 0 N–H and O–H groups in total. The molecule has 0 bridgehead atoms. The summed E-state index contributed by atoms with van der Waals surface area (Å²) in [5, 5.41) is 0. The second kappa shape index (κ2) is 7.89. The normalized spacial score (nSPS) is 14.9. The van der Waals surface area contributed by atoms with Gasteiger partial charge >= 0.3 is 0 Å². The zero-order valence-electron chi connectivity index (χ0n) is 16.8. The average molecular weight is 399 g/mol. The molecule has 2 aromatic rings. The molecule has 0 atom stereocenters. The van der Waals surface area contributed by atoms with Crippen LogP contribution >= 0.6 is 0 Å². The number of hydrogen-bond donors (Lipinski definition) is 0. The van der Waals surface area contributed by atoms with Crippen molar-refractivity contribution in [3.05, 3.63) is 70.8 Å². The highest BCUT2D eigenvalue weighted by molar-refractivity contribution is 7.89. The van der Waals surface area contributed by atoms with E-state index in [9.17, 15) is 13.2 Å². The highest BCUT2D eigenvalue weighted by Gasteiger charge is 2.25. The SMILES string of the molecule is Cc1cc(C(=O)N2CC=C(c3ccccc3)CC2)cc(S(=O)(=O)N(C)C)c1C. The number of carbonyl (C=O) groups excluding carboxylic acids is 1. The molecule has 1 aliphatic heterocycles. The second-order valence-corrected chi connectivity index (χ2v) is 9.42. The Morgan fingerprint density at radius 2 is 1.75 bits per heavy atom. The zero-order chi connectivity index (χ0) is 20.5. The van der Waals surface area contributed by atoms with Gasteiger partial charge in [-0.2, -0.15) is 0 Å². The Kier molecular flexibility index (Phi) is 5.72. The molecule has 1 aliphatic rings. The van der Waals surface area contributed by atoms with E-state index in [0.717, 1.165) is 12.0 Å². The molecular weight excluding hydrogens is 372 g/mol. The molecule has 148 valence electrons. The summed E-state index contributed by atoms with van der Waals surface area (Å²) >= 11 is 0. The van der Waals surface area contributed by atoms with Crippen molar-refractivity contribution in [3.63, 3.8) is 0 Å². The van der Waals surface area contributed by atoms with Gasteiger partial charge in [0.1, 0.15) is 0 Å². The van der Waals surface area contributed by atoms with Crippen molar-refractivity contribution in [1.82, 2.24) is 9.21 Å². The van der Waals surface area contributed by atoms with Gasteiger partial charge in [0.15, 0.2) is 0 Å². The van der Waals surface area contributed by atoms with Gasteiger partial charge in [-0.3, -0.25) is 4.79 Å². The van der Waals surface area contributed by atoms with Gasteiger partial charge in [0, 0.05) is 32.7 Å². The quantitative estimate of drug-likeness (QED) is 0.792. The predicted molar refractivity (Wildman–Crippen MR) is 112 cm³/mol. The molecule has 0 radical (unpaired) electrons. The molecule has 0 unspecified atom stereocenters. The number of nitrogens with zero attached hydrogens (tertiary/aromatic N) is 2. The Morgan fingerprint density at radius 3 is 2.32 bits per heavy atom. The first kappa shape index (κ1) is 20.3. The fraction of sp³-hybridized carbons (Fsp3) is 0.318. The lowest BCUT2D eigenvalue weighted by molar-refractivity contribution is 0.0772. The van der Waals surface area contributed by atoms with Crippen LogP contribution in [-0.4, -0.2) is 50.7 Å². The molecule has 28 heavy (non-hydrogen) atoms. The molecule has 3 rings (SSSR count). The maximum Gasteiger partial charge on any atom is 0.254 e. The molecule has 0 aliphatic carbocycles. The summed E-state index contributed by atoms with van der Waals surface area (Å²) < 4.78 is 26.5. The van der Waals surface area contributed by atoms with Gasteiger partial charge in [-0.15, -0.1) is 0 Å². The van der Waals surface area contributed by atoms with E-state index in [2.05, 4.69) is 18.2 Å². The number of aryl methyl sites for hydroxylation is 1. The highest BCUT2D eigenvalue weighted by atomic mass is 32.2. The molecule has 1 amide bonds. The van der Waals surface area contributed by atoms with Crippen LogP contribution in [0.15, 0.2) is 53.4 Å². The van der Waals surface area contributed by atoms with E-state index in [1.807, 2.05) is 25.1 Å². The van der Waals surface area contributed by atoms with Crippen molar-refractivity contribution in [2.75, 3.05) is 27.2 Å². The molecule has 0 fully saturated rings. The Bertz CT molecular complexity index is 1030. The lowest BCUT2D eigenvalue weighted by Gasteiger charge is -2.27. The van der Waals surface area contributed by atoms with Gasteiger partial charge in [-0.05, 0) is 54.7 Å². The maximum absolute atomic E-state index is 13.0. The van der Waals surface area contributed by atoms with Crippen LogP contribution in [-0.2, 0) is 10.0 Å². The highest BCUT2D eigenvalue weighted by Crippen LogP contribution is 2.26. The molecule has 0 saturated carbocycles. The minimum absolute atomic E-state index is 0.137. The summed E-state index contributed by atoms with van der Waals surface area (Å²) in [6, 6.07) is 13.4.